The fourth-order valence-electron chi connectivity index (χ4n) is 1.14. The summed E-state index contributed by atoms with van der Waals surface area (Å²) < 4.78 is 8.06. The lowest BCUT2D eigenvalue weighted by molar-refractivity contribution is 0.298. The SMILES string of the molecule is CC(C)(c1nnco1)n1cc(I)cn1. The molecular weight excluding hydrogens is 295 g/mol. The number of hydrogen-bond acceptors (Lipinski definition) is 4. The molecule has 2 aromatic heterocycles. The van der Waals surface area contributed by atoms with Crippen LogP contribution in [0.15, 0.2) is 23.2 Å². The lowest BCUT2D eigenvalue weighted by atomic mass is 10.1. The largest absolute Gasteiger partial charge is 0.425 e. The van der Waals surface area contributed by atoms with Crippen molar-refractivity contribution in [3.63, 3.8) is 0 Å². The molecule has 6 heteroatoms. The Bertz CT molecular complexity index is 420. The summed E-state index contributed by atoms with van der Waals surface area (Å²) in [6.07, 6.45) is 5.05. The molecule has 2 heterocycles. The molecule has 0 saturated heterocycles. The average Bonchev–Trinajstić information content (AvgIpc) is 2.72. The second-order valence-corrected chi connectivity index (χ2v) is 4.65. The van der Waals surface area contributed by atoms with Gasteiger partial charge in [-0.15, -0.1) is 10.2 Å². The van der Waals surface area contributed by atoms with Gasteiger partial charge in [-0.2, -0.15) is 5.10 Å². The van der Waals surface area contributed by atoms with Crippen LogP contribution in [-0.2, 0) is 5.54 Å². The summed E-state index contributed by atoms with van der Waals surface area (Å²) in [6.45, 7) is 3.95. The van der Waals surface area contributed by atoms with Crippen LogP contribution in [0.25, 0.3) is 0 Å². The molecule has 14 heavy (non-hydrogen) atoms. The first-order valence-electron chi connectivity index (χ1n) is 4.08. The Kier molecular flexibility index (Phi) is 2.30. The highest BCUT2D eigenvalue weighted by atomic mass is 127. The minimum atomic E-state index is -0.403. The number of hydrogen-bond donors (Lipinski definition) is 0. The molecule has 0 N–H and O–H groups in total. The molecule has 0 spiro atoms. The zero-order valence-electron chi connectivity index (χ0n) is 7.81. The standard InChI is InChI=1S/C8H9IN4O/c1-8(2,7-12-10-5-14-7)13-4-6(9)3-11-13/h3-5H,1-2H3. The quantitative estimate of drug-likeness (QED) is 0.792. The van der Waals surface area contributed by atoms with Crippen LogP contribution in [-0.4, -0.2) is 20.0 Å². The van der Waals surface area contributed by atoms with Crippen molar-refractivity contribution in [1.82, 2.24) is 20.0 Å². The van der Waals surface area contributed by atoms with Crippen molar-refractivity contribution in [2.24, 2.45) is 0 Å². The summed E-state index contributed by atoms with van der Waals surface area (Å²) in [6, 6.07) is 0. The van der Waals surface area contributed by atoms with Gasteiger partial charge < -0.3 is 4.42 Å². The van der Waals surface area contributed by atoms with Crippen molar-refractivity contribution in [3.8, 4) is 0 Å². The van der Waals surface area contributed by atoms with Crippen LogP contribution in [0.5, 0.6) is 0 Å². The third-order valence-corrected chi connectivity index (χ3v) is 2.56. The third kappa shape index (κ3) is 1.54. The molecule has 2 rings (SSSR count). The number of rotatable bonds is 2. The molecule has 0 aromatic carbocycles. The Morgan fingerprint density at radius 3 is 2.79 bits per heavy atom. The smallest absolute Gasteiger partial charge is 0.243 e. The molecule has 0 aliphatic carbocycles. The van der Waals surface area contributed by atoms with E-state index >= 15 is 0 Å². The second kappa shape index (κ2) is 3.34. The molecule has 2 aromatic rings. The topological polar surface area (TPSA) is 56.7 Å². The predicted molar refractivity (Wildman–Crippen MR) is 57.7 cm³/mol. The Balaban J connectivity index is 2.42. The van der Waals surface area contributed by atoms with E-state index in [2.05, 4.69) is 37.9 Å². The van der Waals surface area contributed by atoms with Crippen LogP contribution in [0.2, 0.25) is 0 Å². The Labute approximate surface area is 94.7 Å². The van der Waals surface area contributed by atoms with Gasteiger partial charge in [0.25, 0.3) is 0 Å². The molecule has 0 bridgehead atoms. The summed E-state index contributed by atoms with van der Waals surface area (Å²) in [5.74, 6) is 0.553. The Hall–Kier alpha value is -0.920. The Morgan fingerprint density at radius 1 is 1.50 bits per heavy atom. The molecule has 0 aliphatic rings. The van der Waals surface area contributed by atoms with Crippen LogP contribution in [0.3, 0.4) is 0 Å². The summed E-state index contributed by atoms with van der Waals surface area (Å²) in [4.78, 5) is 0. The van der Waals surface area contributed by atoms with Gasteiger partial charge in [-0.3, -0.25) is 4.68 Å². The highest BCUT2D eigenvalue weighted by Crippen LogP contribution is 2.22. The van der Waals surface area contributed by atoms with E-state index in [9.17, 15) is 0 Å². The highest BCUT2D eigenvalue weighted by Gasteiger charge is 2.29. The van der Waals surface area contributed by atoms with Crippen LogP contribution in [0.4, 0.5) is 0 Å². The van der Waals surface area contributed by atoms with E-state index in [0.29, 0.717) is 5.89 Å². The van der Waals surface area contributed by atoms with Crippen molar-refractivity contribution in [2.75, 3.05) is 0 Å². The highest BCUT2D eigenvalue weighted by molar-refractivity contribution is 14.1. The van der Waals surface area contributed by atoms with Gasteiger partial charge in [-0.05, 0) is 36.4 Å². The summed E-state index contributed by atoms with van der Waals surface area (Å²) in [7, 11) is 0. The first kappa shape index (κ1) is 9.63. The normalized spacial score (nSPS) is 11.9. The average molecular weight is 304 g/mol. The molecule has 0 amide bonds. The van der Waals surface area contributed by atoms with Crippen LogP contribution < -0.4 is 0 Å². The van der Waals surface area contributed by atoms with E-state index < -0.39 is 5.54 Å². The van der Waals surface area contributed by atoms with Gasteiger partial charge in [-0.1, -0.05) is 0 Å². The van der Waals surface area contributed by atoms with Crippen molar-refractivity contribution >= 4 is 22.6 Å². The van der Waals surface area contributed by atoms with E-state index in [1.54, 1.807) is 6.20 Å². The third-order valence-electron chi connectivity index (χ3n) is 2.01. The van der Waals surface area contributed by atoms with Gasteiger partial charge in [0.1, 0.15) is 5.54 Å². The molecule has 0 saturated carbocycles. The fraction of sp³-hybridized carbons (Fsp3) is 0.375. The lowest BCUT2D eigenvalue weighted by Crippen LogP contribution is -2.28. The van der Waals surface area contributed by atoms with Gasteiger partial charge in [0.05, 0.1) is 9.77 Å². The van der Waals surface area contributed by atoms with E-state index in [4.69, 9.17) is 4.42 Å². The zero-order valence-corrected chi connectivity index (χ0v) is 9.96. The molecule has 0 aliphatic heterocycles. The van der Waals surface area contributed by atoms with Crippen molar-refractivity contribution in [3.05, 3.63) is 28.2 Å². The van der Waals surface area contributed by atoms with E-state index in [1.807, 2.05) is 24.7 Å². The van der Waals surface area contributed by atoms with Gasteiger partial charge in [0.15, 0.2) is 0 Å². The van der Waals surface area contributed by atoms with Gasteiger partial charge in [-0.25, -0.2) is 0 Å². The summed E-state index contributed by atoms with van der Waals surface area (Å²) in [5.41, 5.74) is -0.403. The molecule has 74 valence electrons. The Morgan fingerprint density at radius 2 is 2.29 bits per heavy atom. The maximum atomic E-state index is 5.18. The number of halogens is 1. The fourth-order valence-corrected chi connectivity index (χ4v) is 1.53. The lowest BCUT2D eigenvalue weighted by Gasteiger charge is -2.20. The maximum absolute atomic E-state index is 5.18. The minimum Gasteiger partial charge on any atom is -0.425 e. The van der Waals surface area contributed by atoms with Crippen LogP contribution in [0.1, 0.15) is 19.7 Å². The van der Waals surface area contributed by atoms with E-state index in [1.165, 1.54) is 6.39 Å². The summed E-state index contributed by atoms with van der Waals surface area (Å²) >= 11 is 2.21. The first-order valence-corrected chi connectivity index (χ1v) is 5.16. The van der Waals surface area contributed by atoms with Gasteiger partial charge in [0.2, 0.25) is 12.3 Å². The predicted octanol–water partition coefficient (Wildman–Crippen LogP) is 1.65. The van der Waals surface area contributed by atoms with Gasteiger partial charge >= 0.3 is 0 Å². The molecule has 5 nitrogen and oxygen atoms in total. The van der Waals surface area contributed by atoms with Crippen molar-refractivity contribution < 1.29 is 4.42 Å². The molecule has 0 radical (unpaired) electrons. The number of aromatic nitrogens is 4. The molecular formula is C8H9IN4O. The van der Waals surface area contributed by atoms with E-state index in [0.717, 1.165) is 3.57 Å². The second-order valence-electron chi connectivity index (χ2n) is 3.41. The van der Waals surface area contributed by atoms with Crippen LogP contribution >= 0.6 is 22.6 Å². The van der Waals surface area contributed by atoms with E-state index in [-0.39, 0.29) is 0 Å². The summed E-state index contributed by atoms with van der Waals surface area (Å²) in [5, 5.41) is 11.8. The molecule has 0 fully saturated rings. The van der Waals surface area contributed by atoms with Crippen LogP contribution in [0, 0.1) is 3.57 Å². The zero-order chi connectivity index (χ0) is 10.2. The van der Waals surface area contributed by atoms with Crippen molar-refractivity contribution in [1.29, 1.82) is 0 Å². The van der Waals surface area contributed by atoms with Crippen molar-refractivity contribution in [2.45, 2.75) is 19.4 Å². The maximum Gasteiger partial charge on any atom is 0.243 e. The molecule has 0 unspecified atom stereocenters. The van der Waals surface area contributed by atoms with Gasteiger partial charge in [0, 0.05) is 6.20 Å². The number of nitrogens with zero attached hydrogens (tertiary/aromatic N) is 4. The first-order chi connectivity index (χ1) is 6.60. The minimum absolute atomic E-state index is 0.403. The monoisotopic (exact) mass is 304 g/mol. The molecule has 0 atom stereocenters.